The third-order valence-corrected chi connectivity index (χ3v) is 6.57. The van der Waals surface area contributed by atoms with Gasteiger partial charge in [0.15, 0.2) is 0 Å². The fourth-order valence-electron chi connectivity index (χ4n) is 4.57. The molecule has 1 fully saturated rings. The van der Waals surface area contributed by atoms with Gasteiger partial charge in [-0.3, -0.25) is 14.6 Å². The molecule has 0 unspecified atom stereocenters. The van der Waals surface area contributed by atoms with Gasteiger partial charge in [0.25, 0.3) is 0 Å². The second kappa shape index (κ2) is 10.4. The molecule has 4 rings (SSSR count). The molecule has 0 spiro atoms. The number of hydrogen-bond donors (Lipinski definition) is 3. The number of amides is 2. The molecule has 1 aliphatic carbocycles. The molecule has 2 aliphatic rings. The van der Waals surface area contributed by atoms with Gasteiger partial charge in [-0.05, 0) is 55.0 Å². The van der Waals surface area contributed by atoms with E-state index in [1.54, 1.807) is 12.4 Å². The van der Waals surface area contributed by atoms with Crippen LogP contribution in [0.4, 0.5) is 11.4 Å². The number of nitrogens with one attached hydrogen (secondary N) is 1. The predicted molar refractivity (Wildman–Crippen MR) is 139 cm³/mol. The summed E-state index contributed by atoms with van der Waals surface area (Å²) in [5.41, 5.74) is 15.9. The molecule has 1 saturated carbocycles. The molecule has 0 saturated heterocycles. The van der Waals surface area contributed by atoms with Crippen molar-refractivity contribution in [3.05, 3.63) is 58.9 Å². The Kier molecular flexibility index (Phi) is 7.31. The number of nitrogens with zero attached hydrogens (tertiary/aromatic N) is 3. The first-order chi connectivity index (χ1) is 16.9. The Hall–Kier alpha value is -3.52. The Morgan fingerprint density at radius 1 is 1.11 bits per heavy atom. The number of anilines is 1. The summed E-state index contributed by atoms with van der Waals surface area (Å²) >= 11 is 0. The fourth-order valence-corrected chi connectivity index (χ4v) is 4.57. The van der Waals surface area contributed by atoms with Crippen molar-refractivity contribution in [2.75, 3.05) is 18.4 Å². The van der Waals surface area contributed by atoms with Crippen LogP contribution in [0.15, 0.2) is 47.2 Å². The number of rotatable bonds is 9. The van der Waals surface area contributed by atoms with E-state index in [2.05, 4.69) is 29.1 Å². The van der Waals surface area contributed by atoms with Crippen molar-refractivity contribution in [1.82, 2.24) is 9.88 Å². The zero-order valence-electron chi connectivity index (χ0n) is 20.5. The van der Waals surface area contributed by atoms with Crippen molar-refractivity contribution in [2.24, 2.45) is 16.5 Å². The number of fused-ring (bicyclic) bond motifs is 1. The van der Waals surface area contributed by atoms with Crippen LogP contribution in [0.1, 0.15) is 62.6 Å². The second-order valence-corrected chi connectivity index (χ2v) is 9.34. The number of hydrogen-bond acceptors (Lipinski definition) is 6. The SMILES string of the molecule is CCCN(CCC)C(=O)C1=Cc2ccc(C3(C(=O)Nc4cncc(CN)c4)CC3)cc2N=C(N)C1. The third kappa shape index (κ3) is 5.27. The van der Waals surface area contributed by atoms with E-state index in [0.717, 1.165) is 42.4 Å². The van der Waals surface area contributed by atoms with Crippen molar-refractivity contribution in [3.63, 3.8) is 0 Å². The first-order valence-electron chi connectivity index (χ1n) is 12.3. The Bertz CT molecular complexity index is 1180. The van der Waals surface area contributed by atoms with Gasteiger partial charge >= 0.3 is 0 Å². The van der Waals surface area contributed by atoms with E-state index in [-0.39, 0.29) is 11.8 Å². The van der Waals surface area contributed by atoms with Crippen LogP contribution >= 0.6 is 0 Å². The highest BCUT2D eigenvalue weighted by atomic mass is 16.2. The number of amidine groups is 1. The van der Waals surface area contributed by atoms with Gasteiger partial charge in [0.1, 0.15) is 5.84 Å². The maximum atomic E-state index is 13.2. The first kappa shape index (κ1) is 24.6. The molecule has 35 heavy (non-hydrogen) atoms. The number of benzene rings is 1. The summed E-state index contributed by atoms with van der Waals surface area (Å²) in [5, 5.41) is 3.00. The van der Waals surface area contributed by atoms with Gasteiger partial charge in [-0.15, -0.1) is 0 Å². The minimum Gasteiger partial charge on any atom is -0.387 e. The largest absolute Gasteiger partial charge is 0.387 e. The molecule has 1 aromatic carbocycles. The molecular weight excluding hydrogens is 440 g/mol. The van der Waals surface area contributed by atoms with Gasteiger partial charge in [0.2, 0.25) is 11.8 Å². The van der Waals surface area contributed by atoms with Gasteiger partial charge in [-0.2, -0.15) is 0 Å². The van der Waals surface area contributed by atoms with Gasteiger partial charge in [-0.25, -0.2) is 4.99 Å². The molecule has 2 heterocycles. The van der Waals surface area contributed by atoms with Crippen molar-refractivity contribution in [1.29, 1.82) is 0 Å². The molecule has 5 N–H and O–H groups in total. The smallest absolute Gasteiger partial charge is 0.250 e. The van der Waals surface area contributed by atoms with Crippen LogP contribution in [-0.4, -0.2) is 40.6 Å². The Balaban J connectivity index is 1.60. The summed E-state index contributed by atoms with van der Waals surface area (Å²) in [6, 6.07) is 7.68. The summed E-state index contributed by atoms with van der Waals surface area (Å²) in [4.78, 5) is 37.1. The fraction of sp³-hybridized carbons (Fsp3) is 0.407. The highest BCUT2D eigenvalue weighted by Gasteiger charge is 2.51. The minimum absolute atomic E-state index is 0.00939. The van der Waals surface area contributed by atoms with E-state index in [4.69, 9.17) is 11.5 Å². The molecule has 8 nitrogen and oxygen atoms in total. The molecule has 8 heteroatoms. The summed E-state index contributed by atoms with van der Waals surface area (Å²) in [5.74, 6) is 0.336. The second-order valence-electron chi connectivity index (χ2n) is 9.34. The number of carbonyl (C=O) groups is 2. The number of aromatic nitrogens is 1. The minimum atomic E-state index is -0.605. The quantitative estimate of drug-likeness (QED) is 0.511. The molecule has 2 aromatic rings. The number of aliphatic imine (C=N–C) groups is 1. The van der Waals surface area contributed by atoms with E-state index in [1.165, 1.54) is 0 Å². The zero-order chi connectivity index (χ0) is 25.0. The van der Waals surface area contributed by atoms with Crippen LogP contribution in [0.3, 0.4) is 0 Å². The lowest BCUT2D eigenvalue weighted by atomic mass is 9.92. The molecule has 1 aliphatic heterocycles. The maximum absolute atomic E-state index is 13.2. The van der Waals surface area contributed by atoms with Gasteiger partial charge in [0, 0.05) is 43.4 Å². The average Bonchev–Trinajstić information content (AvgIpc) is 3.67. The van der Waals surface area contributed by atoms with Gasteiger partial charge in [-0.1, -0.05) is 26.0 Å². The van der Waals surface area contributed by atoms with E-state index in [9.17, 15) is 9.59 Å². The summed E-state index contributed by atoms with van der Waals surface area (Å²) in [7, 11) is 0. The predicted octanol–water partition coefficient (Wildman–Crippen LogP) is 3.64. The Morgan fingerprint density at radius 3 is 2.51 bits per heavy atom. The van der Waals surface area contributed by atoms with Crippen LogP contribution in [0.2, 0.25) is 0 Å². The third-order valence-electron chi connectivity index (χ3n) is 6.57. The highest BCUT2D eigenvalue weighted by molar-refractivity contribution is 6.06. The molecule has 0 atom stereocenters. The lowest BCUT2D eigenvalue weighted by molar-refractivity contribution is -0.127. The van der Waals surface area contributed by atoms with Crippen molar-refractivity contribution >= 4 is 35.1 Å². The summed E-state index contributed by atoms with van der Waals surface area (Å²) < 4.78 is 0. The lowest BCUT2D eigenvalue weighted by Gasteiger charge is -2.22. The van der Waals surface area contributed by atoms with Crippen molar-refractivity contribution in [2.45, 2.75) is 57.9 Å². The van der Waals surface area contributed by atoms with Gasteiger partial charge in [0.05, 0.1) is 23.0 Å². The molecule has 0 radical (unpaired) electrons. The van der Waals surface area contributed by atoms with E-state index in [1.807, 2.05) is 35.2 Å². The number of nitrogens with two attached hydrogens (primary N) is 2. The van der Waals surface area contributed by atoms with Crippen LogP contribution < -0.4 is 16.8 Å². The van der Waals surface area contributed by atoms with E-state index >= 15 is 0 Å². The van der Waals surface area contributed by atoms with Crippen molar-refractivity contribution < 1.29 is 9.59 Å². The Labute approximate surface area is 206 Å². The number of pyridine rings is 1. The molecule has 184 valence electrons. The maximum Gasteiger partial charge on any atom is 0.250 e. The Morgan fingerprint density at radius 2 is 1.86 bits per heavy atom. The summed E-state index contributed by atoms with van der Waals surface area (Å²) in [6.45, 7) is 5.93. The monoisotopic (exact) mass is 474 g/mol. The standard InChI is InChI=1S/C27H34N6O2/c1-3-9-33(10-4-2)25(34)20-12-19-5-6-21(14-23(19)32-24(29)13-20)27(7-8-27)26(35)31-22-11-18(15-28)16-30-17-22/h5-6,11-12,14,16-17H,3-4,7-10,13,15,28H2,1-2H3,(H2,29,32)(H,31,35). The van der Waals surface area contributed by atoms with E-state index in [0.29, 0.717) is 48.8 Å². The van der Waals surface area contributed by atoms with Crippen LogP contribution in [0.5, 0.6) is 0 Å². The molecule has 2 amide bonds. The number of carbonyl (C=O) groups excluding carboxylic acids is 2. The normalized spacial score (nSPS) is 15.9. The lowest BCUT2D eigenvalue weighted by Crippen LogP contribution is -2.34. The van der Waals surface area contributed by atoms with Crippen molar-refractivity contribution in [3.8, 4) is 0 Å². The van der Waals surface area contributed by atoms with Crippen LogP contribution in [-0.2, 0) is 21.5 Å². The topological polar surface area (TPSA) is 127 Å². The van der Waals surface area contributed by atoms with E-state index < -0.39 is 5.41 Å². The average molecular weight is 475 g/mol. The highest BCUT2D eigenvalue weighted by Crippen LogP contribution is 2.50. The van der Waals surface area contributed by atoms with Crippen LogP contribution in [0, 0.1) is 0 Å². The van der Waals surface area contributed by atoms with Crippen LogP contribution in [0.25, 0.3) is 6.08 Å². The summed E-state index contributed by atoms with van der Waals surface area (Å²) in [6.07, 6.45) is 8.83. The zero-order valence-corrected chi connectivity index (χ0v) is 20.5. The van der Waals surface area contributed by atoms with Gasteiger partial charge < -0.3 is 21.7 Å². The first-order valence-corrected chi connectivity index (χ1v) is 12.3. The molecular formula is C27H34N6O2. The molecule has 1 aromatic heterocycles. The molecule has 0 bridgehead atoms.